The van der Waals surface area contributed by atoms with Gasteiger partial charge >= 0.3 is 6.01 Å². The Morgan fingerprint density at radius 2 is 1.70 bits per heavy atom. The van der Waals surface area contributed by atoms with Crippen molar-refractivity contribution >= 4 is 35.8 Å². The Balaban J connectivity index is 1.25. The van der Waals surface area contributed by atoms with E-state index in [9.17, 15) is 5.11 Å². The Bertz CT molecular complexity index is 2200. The number of piperidine rings is 1. The molecular weight excluding hydrogens is 706 g/mol. The molecule has 11 heteroatoms. The number of phenolic OH excluding ortho intramolecular Hbond substituents is 1. The molecule has 1 saturated carbocycles. The number of phenols is 1. The summed E-state index contributed by atoms with van der Waals surface area (Å²) in [6, 6.07) is 6.90. The molecule has 0 radical (unpaired) electrons. The van der Waals surface area contributed by atoms with Gasteiger partial charge in [-0.05, 0) is 102 Å². The van der Waals surface area contributed by atoms with Crippen molar-refractivity contribution in [3.05, 3.63) is 77.7 Å². The molecule has 7 nitrogen and oxygen atoms in total. The van der Waals surface area contributed by atoms with Crippen molar-refractivity contribution in [3.8, 4) is 22.9 Å². The maximum Gasteiger partial charge on any atom is 0.319 e. The molecular formula is C43H51F3N4O3Si. The number of benzene rings is 3. The van der Waals surface area contributed by atoms with Crippen molar-refractivity contribution in [1.29, 1.82) is 0 Å². The number of rotatable bonds is 8. The van der Waals surface area contributed by atoms with Crippen LogP contribution in [0.4, 0.5) is 19.0 Å². The van der Waals surface area contributed by atoms with Gasteiger partial charge in [0.1, 0.15) is 35.3 Å². The van der Waals surface area contributed by atoms with Crippen LogP contribution in [0.3, 0.4) is 0 Å². The highest BCUT2D eigenvalue weighted by Crippen LogP contribution is 2.48. The number of ether oxygens (including phenoxy) is 1. The number of aryl methyl sites for hydroxylation is 1. The first-order valence-electron chi connectivity index (χ1n) is 19.2. The number of hydrogen-bond donors (Lipinski definition) is 1. The Hall–Kier alpha value is -3.93. The molecule has 286 valence electrons. The molecule has 54 heavy (non-hydrogen) atoms. The number of halogens is 3. The summed E-state index contributed by atoms with van der Waals surface area (Å²) in [6.45, 7) is 24.7. The van der Waals surface area contributed by atoms with Gasteiger partial charge in [0.05, 0.1) is 11.1 Å². The van der Waals surface area contributed by atoms with E-state index in [4.69, 9.17) is 14.1 Å². The van der Waals surface area contributed by atoms with Gasteiger partial charge in [0.2, 0.25) is 0 Å². The van der Waals surface area contributed by atoms with Crippen molar-refractivity contribution in [1.82, 2.24) is 14.9 Å². The van der Waals surface area contributed by atoms with Gasteiger partial charge in [0, 0.05) is 43.6 Å². The number of aromatic hydroxyl groups is 1. The minimum atomic E-state index is -2.04. The molecule has 4 aromatic rings. The summed E-state index contributed by atoms with van der Waals surface area (Å²) < 4.78 is 62.5. The lowest BCUT2D eigenvalue weighted by molar-refractivity contribution is 0.108. The Labute approximate surface area is 317 Å². The van der Waals surface area contributed by atoms with Crippen LogP contribution in [0.15, 0.2) is 54.6 Å². The summed E-state index contributed by atoms with van der Waals surface area (Å²) in [4.78, 5) is 14.1. The number of hydrogen-bond acceptors (Lipinski definition) is 7. The van der Waals surface area contributed by atoms with Crippen molar-refractivity contribution in [2.45, 2.75) is 89.6 Å². The van der Waals surface area contributed by atoms with E-state index in [-0.39, 0.29) is 69.4 Å². The molecule has 3 aromatic carbocycles. The van der Waals surface area contributed by atoms with E-state index in [1.165, 1.54) is 30.3 Å². The highest BCUT2D eigenvalue weighted by Gasteiger charge is 2.49. The standard InChI is InChI=1S/C43H51F3N4O3Si/c1-9-30-33(44)11-10-27-14-29(51)15-31(36(27)30)37-34(45)16-32-39(38(37)46)47-41(52-23-43-17-24(2)19-50(43)20-25(3)18-43)48-40(32)49-21-26-12-28(22-49)35(13-26)53-54(7,8)42(4,5)6/h10-11,14-16,26,28,35,51H,2-3,9,12-13,17-23H2,1,4-8H3/t26-,28-,35-/m1/s1. The van der Waals surface area contributed by atoms with E-state index in [0.717, 1.165) is 49.9 Å². The van der Waals surface area contributed by atoms with E-state index in [1.807, 2.05) is 0 Å². The summed E-state index contributed by atoms with van der Waals surface area (Å²) in [6.07, 6.45) is 3.86. The van der Waals surface area contributed by atoms with E-state index >= 15 is 13.2 Å². The van der Waals surface area contributed by atoms with Gasteiger partial charge in [-0.1, -0.05) is 58.1 Å². The fourth-order valence-corrected chi connectivity index (χ4v) is 10.9. The summed E-state index contributed by atoms with van der Waals surface area (Å²) in [5, 5.41) is 11.9. The monoisotopic (exact) mass is 756 g/mol. The smallest absolute Gasteiger partial charge is 0.319 e. The molecule has 4 heterocycles. The zero-order valence-corrected chi connectivity index (χ0v) is 33.3. The zero-order valence-electron chi connectivity index (χ0n) is 32.3. The second kappa shape index (κ2) is 13.1. The van der Waals surface area contributed by atoms with Crippen LogP contribution in [0.25, 0.3) is 32.8 Å². The first-order valence-corrected chi connectivity index (χ1v) is 22.2. The summed E-state index contributed by atoms with van der Waals surface area (Å²) in [5.74, 6) is -1.43. The maximum atomic E-state index is 17.3. The quantitative estimate of drug-likeness (QED) is 0.142. The van der Waals surface area contributed by atoms with Crippen molar-refractivity contribution in [2.75, 3.05) is 37.7 Å². The van der Waals surface area contributed by atoms with Crippen LogP contribution in [0.5, 0.6) is 11.8 Å². The lowest BCUT2D eigenvalue weighted by atomic mass is 9.91. The van der Waals surface area contributed by atoms with E-state index in [2.05, 4.69) is 61.8 Å². The average Bonchev–Trinajstić information content (AvgIpc) is 3.66. The highest BCUT2D eigenvalue weighted by atomic mass is 28.4. The molecule has 0 unspecified atom stereocenters. The van der Waals surface area contributed by atoms with Gasteiger partial charge in [0.15, 0.2) is 14.1 Å². The number of nitrogens with zero attached hydrogens (tertiary/aromatic N) is 4. The third-order valence-electron chi connectivity index (χ3n) is 13.0. The molecule has 0 amide bonds. The van der Waals surface area contributed by atoms with Gasteiger partial charge in [-0.15, -0.1) is 0 Å². The summed E-state index contributed by atoms with van der Waals surface area (Å²) >= 11 is 0. The molecule has 4 aliphatic rings. The normalized spacial score (nSPS) is 22.9. The van der Waals surface area contributed by atoms with Crippen LogP contribution >= 0.6 is 0 Å². The molecule has 1 N–H and O–H groups in total. The van der Waals surface area contributed by atoms with Crippen LogP contribution in [0.2, 0.25) is 18.1 Å². The lowest BCUT2D eigenvalue weighted by Crippen LogP contribution is -2.46. The third-order valence-corrected chi connectivity index (χ3v) is 17.5. The maximum absolute atomic E-state index is 17.3. The third kappa shape index (κ3) is 6.20. The van der Waals surface area contributed by atoms with E-state index < -0.39 is 25.8 Å². The Morgan fingerprint density at radius 1 is 0.981 bits per heavy atom. The van der Waals surface area contributed by atoms with Crippen LogP contribution in [0, 0.1) is 29.3 Å². The lowest BCUT2D eigenvalue weighted by Gasteiger charge is -2.40. The van der Waals surface area contributed by atoms with Gasteiger partial charge in [0.25, 0.3) is 0 Å². The van der Waals surface area contributed by atoms with Crippen molar-refractivity contribution in [3.63, 3.8) is 0 Å². The minimum Gasteiger partial charge on any atom is -0.508 e. The molecule has 3 aliphatic heterocycles. The SMILES string of the molecule is C=C1CN2CC(=C)CC2(COc2nc(N3C[C@@H]4C[C@H](C3)[C@H](O[Si](C)(C)C(C)(C)C)C4)c3cc(F)c(-c4cc(O)cc5ccc(F)c(CC)c45)c(F)c3n2)C1. The number of fused-ring (bicyclic) bond motifs is 5. The molecule has 1 aromatic heterocycles. The molecule has 4 fully saturated rings. The molecule has 8 rings (SSSR count). The fourth-order valence-electron chi connectivity index (χ4n) is 9.49. The Kier molecular flexibility index (Phi) is 8.97. The van der Waals surface area contributed by atoms with E-state index in [1.54, 1.807) is 6.92 Å². The molecule has 3 saturated heterocycles. The van der Waals surface area contributed by atoms with Gasteiger partial charge in [-0.2, -0.15) is 9.97 Å². The average molecular weight is 757 g/mol. The van der Waals surface area contributed by atoms with Gasteiger partial charge in [-0.3, -0.25) is 4.90 Å². The highest BCUT2D eigenvalue weighted by molar-refractivity contribution is 6.74. The number of anilines is 1. The predicted octanol–water partition coefficient (Wildman–Crippen LogP) is 9.71. The van der Waals surface area contributed by atoms with E-state index in [0.29, 0.717) is 41.2 Å². The van der Waals surface area contributed by atoms with Crippen molar-refractivity contribution in [2.24, 2.45) is 11.8 Å². The van der Waals surface area contributed by atoms with Crippen LogP contribution in [-0.2, 0) is 10.8 Å². The fraction of sp³-hybridized carbons (Fsp3) is 0.488. The van der Waals surface area contributed by atoms with Crippen LogP contribution in [0.1, 0.15) is 58.9 Å². The van der Waals surface area contributed by atoms with Crippen molar-refractivity contribution < 1.29 is 27.4 Å². The zero-order chi connectivity index (χ0) is 38.5. The first kappa shape index (κ1) is 37.0. The Morgan fingerprint density at radius 3 is 2.39 bits per heavy atom. The second-order valence-electron chi connectivity index (χ2n) is 17.9. The van der Waals surface area contributed by atoms with Crippen LogP contribution in [-0.4, -0.2) is 72.7 Å². The topological polar surface area (TPSA) is 71.0 Å². The number of aromatic nitrogens is 2. The second-order valence-corrected chi connectivity index (χ2v) is 22.6. The van der Waals surface area contributed by atoms with Gasteiger partial charge < -0.3 is 19.2 Å². The largest absolute Gasteiger partial charge is 0.508 e. The minimum absolute atomic E-state index is 0.00589. The van der Waals surface area contributed by atoms with Crippen LogP contribution < -0.4 is 9.64 Å². The molecule has 0 spiro atoms. The predicted molar refractivity (Wildman–Crippen MR) is 211 cm³/mol. The summed E-state index contributed by atoms with van der Waals surface area (Å²) in [5.41, 5.74) is 1.81. The molecule has 1 aliphatic carbocycles. The van der Waals surface area contributed by atoms with Gasteiger partial charge in [-0.25, -0.2) is 13.2 Å². The first-order chi connectivity index (χ1) is 25.5. The molecule has 2 bridgehead atoms. The summed E-state index contributed by atoms with van der Waals surface area (Å²) in [7, 11) is -2.04. The molecule has 3 atom stereocenters.